The van der Waals surface area contributed by atoms with E-state index in [1.165, 1.54) is 12.1 Å². The number of para-hydroxylation sites is 1. The summed E-state index contributed by atoms with van der Waals surface area (Å²) in [7, 11) is 0. The summed E-state index contributed by atoms with van der Waals surface area (Å²) in [5.41, 5.74) is 4.55. The van der Waals surface area contributed by atoms with E-state index in [4.69, 9.17) is 27.9 Å². The predicted molar refractivity (Wildman–Crippen MR) is 159 cm³/mol. The molecule has 1 heterocycles. The number of halogens is 2. The van der Waals surface area contributed by atoms with Gasteiger partial charge in [-0.1, -0.05) is 77.8 Å². The minimum absolute atomic E-state index is 0.0959. The normalized spacial score (nSPS) is 11.0. The lowest BCUT2D eigenvalue weighted by Gasteiger charge is -2.11. The predicted octanol–water partition coefficient (Wildman–Crippen LogP) is 7.66. The molecule has 0 aliphatic carbocycles. The minimum atomic E-state index is -0.596. The number of esters is 1. The molecule has 0 radical (unpaired) electrons. The van der Waals surface area contributed by atoms with Crippen molar-refractivity contribution in [1.29, 1.82) is 0 Å². The number of anilines is 1. The van der Waals surface area contributed by atoms with Crippen molar-refractivity contribution < 1.29 is 19.4 Å². The lowest BCUT2D eigenvalue weighted by Crippen LogP contribution is -2.15. The Morgan fingerprint density at radius 3 is 2.42 bits per heavy atom. The van der Waals surface area contributed by atoms with Crippen LogP contribution in [0, 0.1) is 6.92 Å². The zero-order chi connectivity index (χ0) is 28.2. The molecule has 0 amide bonds. The third-order valence-corrected chi connectivity index (χ3v) is 7.58. The van der Waals surface area contributed by atoms with Gasteiger partial charge in [-0.3, -0.25) is 9.36 Å². The van der Waals surface area contributed by atoms with Crippen LogP contribution in [0.15, 0.2) is 91.0 Å². The number of nitrogens with zero attached hydrogens (tertiary/aromatic N) is 1. The van der Waals surface area contributed by atoms with E-state index >= 15 is 0 Å². The van der Waals surface area contributed by atoms with Crippen LogP contribution in [-0.2, 0) is 17.8 Å². The van der Waals surface area contributed by atoms with Crippen LogP contribution in [0.2, 0.25) is 10.0 Å². The van der Waals surface area contributed by atoms with Crippen molar-refractivity contribution >= 4 is 51.7 Å². The molecule has 0 fully saturated rings. The number of rotatable bonds is 8. The van der Waals surface area contributed by atoms with E-state index in [0.717, 1.165) is 27.7 Å². The monoisotopic (exact) mass is 572 g/mol. The van der Waals surface area contributed by atoms with Gasteiger partial charge in [-0.15, -0.1) is 0 Å². The second kappa shape index (κ2) is 11.9. The molecule has 1 aromatic heterocycles. The summed E-state index contributed by atoms with van der Waals surface area (Å²) in [6.07, 6.45) is 0.609. The lowest BCUT2D eigenvalue weighted by molar-refractivity contribution is 0.0469. The van der Waals surface area contributed by atoms with Crippen molar-refractivity contribution in [3.63, 3.8) is 0 Å². The molecule has 0 aliphatic heterocycles. The van der Waals surface area contributed by atoms with Gasteiger partial charge >= 0.3 is 5.97 Å². The number of hydrogen-bond donors (Lipinski definition) is 2. The summed E-state index contributed by atoms with van der Waals surface area (Å²) in [4.78, 5) is 26.0. The van der Waals surface area contributed by atoms with Crippen LogP contribution in [0.4, 0.5) is 5.69 Å². The maximum Gasteiger partial charge on any atom is 0.342 e. The number of aromatic nitrogens is 1. The molecule has 8 heteroatoms. The first-order chi connectivity index (χ1) is 19.3. The average molecular weight is 573 g/mol. The molecule has 2 N–H and O–H groups in total. The summed E-state index contributed by atoms with van der Waals surface area (Å²) in [5, 5.41) is 15.3. The summed E-state index contributed by atoms with van der Waals surface area (Å²) < 4.78 is 7.00. The van der Waals surface area contributed by atoms with Gasteiger partial charge in [0.1, 0.15) is 17.9 Å². The van der Waals surface area contributed by atoms with E-state index in [-0.39, 0.29) is 28.8 Å². The fourth-order valence-electron chi connectivity index (χ4n) is 4.75. The van der Waals surface area contributed by atoms with Gasteiger partial charge in [-0.2, -0.15) is 0 Å². The Kier molecular flexibility index (Phi) is 8.10. The molecule has 0 atom stereocenters. The van der Waals surface area contributed by atoms with Gasteiger partial charge in [0, 0.05) is 29.4 Å². The molecule has 0 aliphatic rings. The van der Waals surface area contributed by atoms with Gasteiger partial charge in [0.2, 0.25) is 0 Å². The third-order valence-electron chi connectivity index (χ3n) is 6.76. The summed E-state index contributed by atoms with van der Waals surface area (Å²) >= 11 is 12.5. The third kappa shape index (κ3) is 5.55. The fourth-order valence-corrected chi connectivity index (χ4v) is 5.13. The molecule has 0 saturated carbocycles. The number of hydrogen-bond acceptors (Lipinski definition) is 5. The smallest absolute Gasteiger partial charge is 0.342 e. The van der Waals surface area contributed by atoms with Crippen molar-refractivity contribution in [3.05, 3.63) is 129 Å². The summed E-state index contributed by atoms with van der Waals surface area (Å²) in [5.74, 6) is -1.01. The lowest BCUT2D eigenvalue weighted by atomic mass is 10.1. The second-order valence-corrected chi connectivity index (χ2v) is 10.1. The number of carbonyl (C=O) groups is 2. The topological polar surface area (TPSA) is 80.6 Å². The van der Waals surface area contributed by atoms with Gasteiger partial charge in [0.25, 0.3) is 5.91 Å². The molecular weight excluding hydrogens is 547 g/mol. The standard InChI is InChI=1S/C32H26Cl2N2O4/c1-20-23(24-10-5-6-13-28(24)36(20)31(38)26-11-7-12-27(33)30(26)34)16-17-35-22-14-15-25(29(37)18-22)32(39)40-19-21-8-3-2-4-9-21/h2-15,18,35,37H,16-17,19H2,1H3. The highest BCUT2D eigenvalue weighted by Gasteiger charge is 2.22. The molecule has 40 heavy (non-hydrogen) atoms. The Hall–Kier alpha value is -4.26. The molecule has 0 saturated heterocycles. The molecule has 4 aromatic carbocycles. The molecule has 202 valence electrons. The van der Waals surface area contributed by atoms with Crippen molar-refractivity contribution in [1.82, 2.24) is 4.57 Å². The van der Waals surface area contributed by atoms with Gasteiger partial charge in [-0.05, 0) is 54.8 Å². The van der Waals surface area contributed by atoms with E-state index in [2.05, 4.69) is 5.32 Å². The zero-order valence-corrected chi connectivity index (χ0v) is 23.2. The Labute approximate surface area is 241 Å². The van der Waals surface area contributed by atoms with Crippen molar-refractivity contribution in [2.75, 3.05) is 11.9 Å². The highest BCUT2D eigenvalue weighted by Crippen LogP contribution is 2.31. The molecular formula is C32H26Cl2N2O4. The average Bonchev–Trinajstić information content (AvgIpc) is 3.24. The van der Waals surface area contributed by atoms with E-state index < -0.39 is 5.97 Å². The van der Waals surface area contributed by atoms with Crippen LogP contribution in [0.5, 0.6) is 5.75 Å². The first-order valence-electron chi connectivity index (χ1n) is 12.7. The number of aromatic hydroxyl groups is 1. The van der Waals surface area contributed by atoms with Crippen LogP contribution in [0.25, 0.3) is 10.9 Å². The highest BCUT2D eigenvalue weighted by atomic mass is 35.5. The van der Waals surface area contributed by atoms with Crippen LogP contribution in [-0.4, -0.2) is 28.1 Å². The van der Waals surface area contributed by atoms with Crippen LogP contribution >= 0.6 is 23.2 Å². The molecule has 5 rings (SSSR count). The number of fused-ring (bicyclic) bond motifs is 1. The quantitative estimate of drug-likeness (QED) is 0.186. The first kappa shape index (κ1) is 27.3. The SMILES string of the molecule is Cc1c(CCNc2ccc(C(=O)OCc3ccccc3)c(O)c2)c2ccccc2n1C(=O)c1cccc(Cl)c1Cl. The zero-order valence-electron chi connectivity index (χ0n) is 21.7. The van der Waals surface area contributed by atoms with Gasteiger partial charge in [-0.25, -0.2) is 4.79 Å². The molecule has 5 aromatic rings. The second-order valence-electron chi connectivity index (χ2n) is 9.29. The molecule has 0 unspecified atom stereocenters. The molecule has 6 nitrogen and oxygen atoms in total. The Bertz CT molecular complexity index is 1710. The van der Waals surface area contributed by atoms with Gasteiger partial charge < -0.3 is 15.2 Å². The Balaban J connectivity index is 1.30. The van der Waals surface area contributed by atoms with Crippen LogP contribution in [0.3, 0.4) is 0 Å². The van der Waals surface area contributed by atoms with Gasteiger partial charge in [0.15, 0.2) is 0 Å². The number of phenolic OH excluding ortho intramolecular Hbond substituents is 1. The maximum absolute atomic E-state index is 13.6. The largest absolute Gasteiger partial charge is 0.507 e. The van der Waals surface area contributed by atoms with E-state index in [0.29, 0.717) is 29.2 Å². The number of phenols is 1. The van der Waals surface area contributed by atoms with E-state index in [1.54, 1.807) is 28.8 Å². The number of benzene rings is 4. The van der Waals surface area contributed by atoms with Crippen molar-refractivity contribution in [3.8, 4) is 5.75 Å². The van der Waals surface area contributed by atoms with Crippen molar-refractivity contribution in [2.24, 2.45) is 0 Å². The van der Waals surface area contributed by atoms with Crippen molar-refractivity contribution in [2.45, 2.75) is 20.0 Å². The molecule has 0 spiro atoms. The fraction of sp³-hybridized carbons (Fsp3) is 0.125. The summed E-state index contributed by atoms with van der Waals surface area (Å²) in [6, 6.07) is 26.9. The highest BCUT2D eigenvalue weighted by molar-refractivity contribution is 6.44. The number of ether oxygens (including phenoxy) is 1. The van der Waals surface area contributed by atoms with Gasteiger partial charge in [0.05, 0.1) is 21.1 Å². The minimum Gasteiger partial charge on any atom is -0.507 e. The Morgan fingerprint density at radius 2 is 1.65 bits per heavy atom. The maximum atomic E-state index is 13.6. The number of nitrogens with one attached hydrogen (secondary N) is 1. The van der Waals surface area contributed by atoms with E-state index in [1.807, 2.05) is 61.5 Å². The number of carbonyl (C=O) groups excluding carboxylic acids is 2. The van der Waals surface area contributed by atoms with Crippen LogP contribution < -0.4 is 5.32 Å². The Morgan fingerprint density at radius 1 is 0.900 bits per heavy atom. The first-order valence-corrected chi connectivity index (χ1v) is 13.5. The van der Waals surface area contributed by atoms with Crippen LogP contribution in [0.1, 0.15) is 37.5 Å². The molecule has 0 bridgehead atoms. The summed E-state index contributed by atoms with van der Waals surface area (Å²) in [6.45, 7) is 2.56. The van der Waals surface area contributed by atoms with E-state index in [9.17, 15) is 14.7 Å².